The van der Waals surface area contributed by atoms with Gasteiger partial charge in [-0.3, -0.25) is 9.78 Å². The van der Waals surface area contributed by atoms with Gasteiger partial charge in [0.2, 0.25) is 5.91 Å². The van der Waals surface area contributed by atoms with E-state index in [2.05, 4.69) is 15.6 Å². The van der Waals surface area contributed by atoms with Crippen molar-refractivity contribution >= 4 is 11.9 Å². The zero-order valence-electron chi connectivity index (χ0n) is 14.7. The van der Waals surface area contributed by atoms with E-state index in [0.717, 1.165) is 37.8 Å². The molecule has 0 spiro atoms. The van der Waals surface area contributed by atoms with Crippen molar-refractivity contribution in [3.05, 3.63) is 30.1 Å². The number of carbonyl (C=O) groups excluding carboxylic acids is 2. The summed E-state index contributed by atoms with van der Waals surface area (Å²) in [5, 5.41) is 5.85. The Balaban J connectivity index is 1.42. The third-order valence-corrected chi connectivity index (χ3v) is 5.23. The van der Waals surface area contributed by atoms with Crippen LogP contribution in [0, 0.1) is 0 Å². The lowest BCUT2D eigenvalue weighted by Crippen LogP contribution is -2.44. The summed E-state index contributed by atoms with van der Waals surface area (Å²) in [7, 11) is 0. The van der Waals surface area contributed by atoms with E-state index in [1.165, 1.54) is 19.3 Å². The maximum absolute atomic E-state index is 12.5. The number of amides is 3. The van der Waals surface area contributed by atoms with E-state index in [9.17, 15) is 9.59 Å². The molecule has 6 heteroatoms. The van der Waals surface area contributed by atoms with Crippen LogP contribution in [0.5, 0.6) is 0 Å². The van der Waals surface area contributed by atoms with Crippen LogP contribution in [0.15, 0.2) is 24.5 Å². The smallest absolute Gasteiger partial charge is 0.315 e. The second-order valence-corrected chi connectivity index (χ2v) is 7.01. The number of urea groups is 1. The molecule has 1 unspecified atom stereocenters. The first-order chi connectivity index (χ1) is 12.2. The summed E-state index contributed by atoms with van der Waals surface area (Å²) in [4.78, 5) is 30.5. The van der Waals surface area contributed by atoms with Gasteiger partial charge in [0.05, 0.1) is 6.04 Å². The van der Waals surface area contributed by atoms with Crippen LogP contribution in [-0.2, 0) is 4.79 Å². The van der Waals surface area contributed by atoms with Gasteiger partial charge in [-0.15, -0.1) is 0 Å². The number of nitrogens with one attached hydrogen (secondary N) is 2. The molecule has 0 aromatic carbocycles. The molecule has 1 saturated heterocycles. The first kappa shape index (κ1) is 17.7. The molecule has 3 rings (SSSR count). The van der Waals surface area contributed by atoms with Crippen molar-refractivity contribution in [1.82, 2.24) is 20.5 Å². The molecular weight excluding hydrogens is 316 g/mol. The average molecular weight is 344 g/mol. The molecule has 3 amide bonds. The van der Waals surface area contributed by atoms with E-state index < -0.39 is 0 Å². The van der Waals surface area contributed by atoms with E-state index in [1.807, 2.05) is 17.0 Å². The molecule has 2 aliphatic rings. The quantitative estimate of drug-likeness (QED) is 0.862. The van der Waals surface area contributed by atoms with Gasteiger partial charge in [0.25, 0.3) is 0 Å². The fourth-order valence-electron chi connectivity index (χ4n) is 3.91. The van der Waals surface area contributed by atoms with Gasteiger partial charge in [0, 0.05) is 37.9 Å². The molecule has 0 radical (unpaired) electrons. The predicted octanol–water partition coefficient (Wildman–Crippen LogP) is 2.77. The third-order valence-electron chi connectivity index (χ3n) is 5.23. The fourth-order valence-corrected chi connectivity index (χ4v) is 3.91. The first-order valence-corrected chi connectivity index (χ1v) is 9.48. The van der Waals surface area contributed by atoms with Gasteiger partial charge in [-0.1, -0.05) is 19.3 Å². The minimum absolute atomic E-state index is 0.109. The molecule has 2 N–H and O–H groups in total. The molecule has 25 heavy (non-hydrogen) atoms. The summed E-state index contributed by atoms with van der Waals surface area (Å²) in [6.07, 6.45) is 11.7. The van der Waals surface area contributed by atoms with Crippen LogP contribution in [0.25, 0.3) is 0 Å². The summed E-state index contributed by atoms with van der Waals surface area (Å²) >= 11 is 0. The van der Waals surface area contributed by atoms with Crippen LogP contribution in [0.1, 0.15) is 63.0 Å². The number of likely N-dealkylation sites (tertiary alicyclic amines) is 1. The summed E-state index contributed by atoms with van der Waals surface area (Å²) in [6.45, 7) is 1.18. The highest BCUT2D eigenvalue weighted by Gasteiger charge is 2.29. The van der Waals surface area contributed by atoms with Gasteiger partial charge in [-0.05, 0) is 43.4 Å². The van der Waals surface area contributed by atoms with E-state index >= 15 is 0 Å². The Morgan fingerprint density at radius 2 is 1.84 bits per heavy atom. The molecule has 2 heterocycles. The highest BCUT2D eigenvalue weighted by atomic mass is 16.2. The Morgan fingerprint density at radius 1 is 1.08 bits per heavy atom. The molecule has 6 nitrogen and oxygen atoms in total. The molecule has 1 aliphatic carbocycles. The minimum Gasteiger partial charge on any atom is -0.338 e. The van der Waals surface area contributed by atoms with Gasteiger partial charge >= 0.3 is 6.03 Å². The summed E-state index contributed by atoms with van der Waals surface area (Å²) < 4.78 is 0. The average Bonchev–Trinajstić information content (AvgIpc) is 3.13. The summed E-state index contributed by atoms with van der Waals surface area (Å²) in [5.74, 6) is 0.109. The van der Waals surface area contributed by atoms with Crippen LogP contribution in [0.3, 0.4) is 0 Å². The molecule has 136 valence electrons. The van der Waals surface area contributed by atoms with E-state index in [0.29, 0.717) is 19.0 Å². The SMILES string of the molecule is O=C(NCCC(=O)N1CCCC1c1ccncc1)NC1CCCCC1. The second-order valence-electron chi connectivity index (χ2n) is 7.01. The van der Waals surface area contributed by atoms with Crippen molar-refractivity contribution in [2.24, 2.45) is 0 Å². The van der Waals surface area contributed by atoms with Gasteiger partial charge in [0.1, 0.15) is 0 Å². The summed E-state index contributed by atoms with van der Waals surface area (Å²) in [6, 6.07) is 4.25. The van der Waals surface area contributed by atoms with Crippen LogP contribution in [0.2, 0.25) is 0 Å². The minimum atomic E-state index is -0.146. The van der Waals surface area contributed by atoms with Crippen LogP contribution in [0.4, 0.5) is 4.79 Å². The molecule has 1 saturated carbocycles. The fraction of sp³-hybridized carbons (Fsp3) is 0.632. The Labute approximate surface area is 149 Å². The molecule has 1 aromatic rings. The van der Waals surface area contributed by atoms with Crippen LogP contribution < -0.4 is 10.6 Å². The Kier molecular flexibility index (Phi) is 6.25. The van der Waals surface area contributed by atoms with Crippen molar-refractivity contribution in [2.75, 3.05) is 13.1 Å². The van der Waals surface area contributed by atoms with Crippen molar-refractivity contribution in [3.63, 3.8) is 0 Å². The van der Waals surface area contributed by atoms with Crippen molar-refractivity contribution < 1.29 is 9.59 Å². The topological polar surface area (TPSA) is 74.3 Å². The number of pyridine rings is 1. The second kappa shape index (κ2) is 8.83. The van der Waals surface area contributed by atoms with E-state index in [-0.39, 0.29) is 18.0 Å². The normalized spacial score (nSPS) is 21.1. The van der Waals surface area contributed by atoms with Gasteiger partial charge in [-0.2, -0.15) is 0 Å². The molecule has 0 bridgehead atoms. The Hall–Kier alpha value is -2.11. The number of hydrogen-bond donors (Lipinski definition) is 2. The lowest BCUT2D eigenvalue weighted by molar-refractivity contribution is -0.132. The third kappa shape index (κ3) is 4.94. The van der Waals surface area contributed by atoms with Crippen molar-refractivity contribution in [2.45, 2.75) is 63.5 Å². The lowest BCUT2D eigenvalue weighted by Gasteiger charge is -2.25. The molecule has 1 aromatic heterocycles. The Bertz CT molecular complexity index is 572. The standard InChI is InChI=1S/C19H28N4O2/c24-18(10-13-21-19(25)22-16-5-2-1-3-6-16)23-14-4-7-17(23)15-8-11-20-12-9-15/h8-9,11-12,16-17H,1-7,10,13-14H2,(H2,21,22,25). The zero-order valence-corrected chi connectivity index (χ0v) is 14.7. The van der Waals surface area contributed by atoms with E-state index in [1.54, 1.807) is 12.4 Å². The maximum Gasteiger partial charge on any atom is 0.315 e. The number of aromatic nitrogens is 1. The predicted molar refractivity (Wildman–Crippen MR) is 95.9 cm³/mol. The molecule has 1 aliphatic heterocycles. The monoisotopic (exact) mass is 344 g/mol. The Morgan fingerprint density at radius 3 is 2.60 bits per heavy atom. The number of carbonyl (C=O) groups is 2. The number of hydrogen-bond acceptors (Lipinski definition) is 3. The van der Waals surface area contributed by atoms with Crippen LogP contribution >= 0.6 is 0 Å². The van der Waals surface area contributed by atoms with Crippen LogP contribution in [-0.4, -0.2) is 41.0 Å². The van der Waals surface area contributed by atoms with Gasteiger partial charge < -0.3 is 15.5 Å². The number of rotatable bonds is 5. The first-order valence-electron chi connectivity index (χ1n) is 9.48. The maximum atomic E-state index is 12.5. The molecule has 1 atom stereocenters. The van der Waals surface area contributed by atoms with Crippen molar-refractivity contribution in [1.29, 1.82) is 0 Å². The highest BCUT2D eigenvalue weighted by molar-refractivity contribution is 5.79. The van der Waals surface area contributed by atoms with Gasteiger partial charge in [0.15, 0.2) is 0 Å². The molecular formula is C19H28N4O2. The number of nitrogens with zero attached hydrogens (tertiary/aromatic N) is 2. The lowest BCUT2D eigenvalue weighted by atomic mass is 9.96. The van der Waals surface area contributed by atoms with Gasteiger partial charge in [-0.25, -0.2) is 4.79 Å². The zero-order chi connectivity index (χ0) is 17.5. The largest absolute Gasteiger partial charge is 0.338 e. The van der Waals surface area contributed by atoms with Crippen molar-refractivity contribution in [3.8, 4) is 0 Å². The van der Waals surface area contributed by atoms with E-state index in [4.69, 9.17) is 0 Å². The highest BCUT2D eigenvalue weighted by Crippen LogP contribution is 2.31. The summed E-state index contributed by atoms with van der Waals surface area (Å²) in [5.41, 5.74) is 1.14. The molecule has 2 fully saturated rings.